The minimum Gasteiger partial charge on any atom is -0.198 e. The van der Waals surface area contributed by atoms with Gasteiger partial charge in [0.15, 0.2) is 0 Å². The quantitative estimate of drug-likeness (QED) is 0.600. The van der Waals surface area contributed by atoms with Gasteiger partial charge in [-0.1, -0.05) is 12.1 Å². The molecule has 0 N–H and O–H groups in total. The van der Waals surface area contributed by atoms with Crippen molar-refractivity contribution in [2.24, 2.45) is 5.18 Å². The summed E-state index contributed by atoms with van der Waals surface area (Å²) < 4.78 is 0. The van der Waals surface area contributed by atoms with Gasteiger partial charge in [0.25, 0.3) is 0 Å². The van der Waals surface area contributed by atoms with E-state index in [1.807, 2.05) is 6.07 Å². The molecular weight excluding hydrogens is 140 g/mol. The third-order valence-electron chi connectivity index (χ3n) is 1.30. The Balaban J connectivity index is 2.93. The van der Waals surface area contributed by atoms with Crippen LogP contribution < -0.4 is 0 Å². The van der Waals surface area contributed by atoms with Crippen LogP contribution in [0.2, 0.25) is 0 Å². The maximum atomic E-state index is 10.0. The van der Waals surface area contributed by atoms with Gasteiger partial charge < -0.3 is 0 Å². The number of nitroso groups, excluding NO2 is 1. The monoisotopic (exact) mass is 146 g/mol. The van der Waals surface area contributed by atoms with E-state index in [0.29, 0.717) is 12.1 Å². The van der Waals surface area contributed by atoms with Gasteiger partial charge in [0.05, 0.1) is 12.5 Å². The van der Waals surface area contributed by atoms with Crippen molar-refractivity contribution in [3.63, 3.8) is 0 Å². The largest absolute Gasteiger partial charge is 0.198 e. The molecule has 3 heteroatoms. The van der Waals surface area contributed by atoms with Crippen molar-refractivity contribution in [3.05, 3.63) is 34.7 Å². The third-order valence-corrected chi connectivity index (χ3v) is 1.30. The Labute approximate surface area is 64.2 Å². The molecule has 0 aliphatic carbocycles. The molecule has 0 amide bonds. The normalized spacial score (nSPS) is 8.64. The maximum Gasteiger partial charge on any atom is 0.108 e. The van der Waals surface area contributed by atoms with E-state index >= 15 is 0 Å². The van der Waals surface area contributed by atoms with Gasteiger partial charge in [-0.15, -0.1) is 4.91 Å². The molecule has 0 aliphatic heterocycles. The van der Waals surface area contributed by atoms with E-state index in [4.69, 9.17) is 5.26 Å². The van der Waals surface area contributed by atoms with Crippen LogP contribution in [0.5, 0.6) is 0 Å². The molecule has 1 aromatic carbocycles. The first kappa shape index (κ1) is 7.42. The summed E-state index contributed by atoms with van der Waals surface area (Å²) in [4.78, 5) is 10.0. The van der Waals surface area contributed by atoms with Crippen molar-refractivity contribution in [3.8, 4) is 6.07 Å². The second-order valence-electron chi connectivity index (χ2n) is 2.10. The van der Waals surface area contributed by atoms with Gasteiger partial charge in [-0.05, 0) is 22.9 Å². The first-order valence-electron chi connectivity index (χ1n) is 3.16. The Morgan fingerprint density at radius 2 is 2.36 bits per heavy atom. The maximum absolute atomic E-state index is 10.0. The van der Waals surface area contributed by atoms with E-state index in [0.717, 1.165) is 5.56 Å². The summed E-state index contributed by atoms with van der Waals surface area (Å²) in [5, 5.41) is 11.1. The zero-order chi connectivity index (χ0) is 8.10. The topological polar surface area (TPSA) is 53.2 Å². The number of rotatable bonds is 2. The molecule has 11 heavy (non-hydrogen) atoms. The van der Waals surface area contributed by atoms with Gasteiger partial charge in [-0.2, -0.15) is 5.26 Å². The molecule has 0 aliphatic rings. The van der Waals surface area contributed by atoms with Gasteiger partial charge in [-0.3, -0.25) is 0 Å². The van der Waals surface area contributed by atoms with Crippen LogP contribution in [-0.2, 0) is 6.42 Å². The van der Waals surface area contributed by atoms with Crippen molar-refractivity contribution in [1.82, 2.24) is 0 Å². The average Bonchev–Trinajstić information content (AvgIpc) is 2.06. The van der Waals surface area contributed by atoms with Crippen molar-refractivity contribution in [1.29, 1.82) is 5.26 Å². The molecule has 1 rings (SSSR count). The number of nitriles is 1. The first-order valence-corrected chi connectivity index (χ1v) is 3.16. The Morgan fingerprint density at radius 3 is 3.00 bits per heavy atom. The number of hydrogen-bond acceptors (Lipinski definition) is 3. The highest BCUT2D eigenvalue weighted by atomic mass is 16.3. The fourth-order valence-electron chi connectivity index (χ4n) is 0.814. The van der Waals surface area contributed by atoms with Gasteiger partial charge >= 0.3 is 0 Å². The van der Waals surface area contributed by atoms with Crippen LogP contribution in [-0.4, -0.2) is 0 Å². The lowest BCUT2D eigenvalue weighted by atomic mass is 10.1. The molecule has 0 heterocycles. The van der Waals surface area contributed by atoms with Gasteiger partial charge in [0, 0.05) is 0 Å². The van der Waals surface area contributed by atoms with Crippen LogP contribution in [0.1, 0.15) is 5.56 Å². The molecule has 0 saturated carbocycles. The SMILES string of the molecule is N#CCc1cccc(N=O)c1. The van der Waals surface area contributed by atoms with Crippen LogP contribution in [0.15, 0.2) is 29.4 Å². The number of nitrogens with zero attached hydrogens (tertiary/aromatic N) is 2. The van der Waals surface area contributed by atoms with E-state index in [1.54, 1.807) is 24.3 Å². The third kappa shape index (κ3) is 1.87. The van der Waals surface area contributed by atoms with Crippen LogP contribution in [0, 0.1) is 16.2 Å². The van der Waals surface area contributed by atoms with E-state index < -0.39 is 0 Å². The van der Waals surface area contributed by atoms with Gasteiger partial charge in [0.1, 0.15) is 5.69 Å². The van der Waals surface area contributed by atoms with Crippen molar-refractivity contribution in [2.75, 3.05) is 0 Å². The summed E-state index contributed by atoms with van der Waals surface area (Å²) in [5.41, 5.74) is 1.20. The van der Waals surface area contributed by atoms with Crippen LogP contribution >= 0.6 is 0 Å². The van der Waals surface area contributed by atoms with E-state index in [9.17, 15) is 4.91 Å². The van der Waals surface area contributed by atoms with Crippen molar-refractivity contribution < 1.29 is 0 Å². The summed E-state index contributed by atoms with van der Waals surface area (Å²) >= 11 is 0. The van der Waals surface area contributed by atoms with Crippen molar-refractivity contribution >= 4 is 5.69 Å². The Morgan fingerprint density at radius 1 is 1.55 bits per heavy atom. The summed E-state index contributed by atoms with van der Waals surface area (Å²) in [5.74, 6) is 0. The smallest absolute Gasteiger partial charge is 0.108 e. The second-order valence-corrected chi connectivity index (χ2v) is 2.10. The van der Waals surface area contributed by atoms with Crippen LogP contribution in [0.3, 0.4) is 0 Å². The summed E-state index contributed by atoms with van der Waals surface area (Å²) in [7, 11) is 0. The van der Waals surface area contributed by atoms with Crippen LogP contribution in [0.4, 0.5) is 5.69 Å². The van der Waals surface area contributed by atoms with Crippen LogP contribution in [0.25, 0.3) is 0 Å². The van der Waals surface area contributed by atoms with E-state index in [-0.39, 0.29) is 0 Å². The highest BCUT2D eigenvalue weighted by Gasteiger charge is 1.93. The zero-order valence-electron chi connectivity index (χ0n) is 5.82. The lowest BCUT2D eigenvalue weighted by molar-refractivity contribution is 1.26. The fourth-order valence-corrected chi connectivity index (χ4v) is 0.814. The van der Waals surface area contributed by atoms with E-state index in [2.05, 4.69) is 5.18 Å². The molecule has 54 valence electrons. The Bertz CT molecular complexity index is 301. The molecule has 0 spiro atoms. The molecule has 3 nitrogen and oxygen atoms in total. The lowest BCUT2D eigenvalue weighted by Gasteiger charge is -1.92. The predicted octanol–water partition coefficient (Wildman–Crippen LogP) is 2.15. The van der Waals surface area contributed by atoms with Gasteiger partial charge in [0.2, 0.25) is 0 Å². The molecule has 0 saturated heterocycles. The fraction of sp³-hybridized carbons (Fsp3) is 0.125. The molecule has 0 bridgehead atoms. The minimum absolute atomic E-state index is 0.323. The highest BCUT2D eigenvalue weighted by Crippen LogP contribution is 2.13. The Kier molecular flexibility index (Phi) is 2.34. The summed E-state index contributed by atoms with van der Waals surface area (Å²) in [6.07, 6.45) is 0.323. The molecule has 1 aromatic rings. The lowest BCUT2D eigenvalue weighted by Crippen LogP contribution is -1.78. The Hall–Kier alpha value is -1.69. The minimum atomic E-state index is 0.323. The van der Waals surface area contributed by atoms with Crippen molar-refractivity contribution in [2.45, 2.75) is 6.42 Å². The molecule has 0 aromatic heterocycles. The highest BCUT2D eigenvalue weighted by molar-refractivity contribution is 5.40. The van der Waals surface area contributed by atoms with Gasteiger partial charge in [-0.25, -0.2) is 0 Å². The number of hydrogen-bond donors (Lipinski definition) is 0. The molecule has 0 atom stereocenters. The summed E-state index contributed by atoms with van der Waals surface area (Å²) in [6, 6.07) is 8.71. The standard InChI is InChI=1S/C8H6N2O/c9-5-4-7-2-1-3-8(6-7)10-11/h1-3,6H,4H2. The second kappa shape index (κ2) is 3.47. The molecule has 0 fully saturated rings. The molecule has 0 radical (unpaired) electrons. The first-order chi connectivity index (χ1) is 5.36. The number of benzene rings is 1. The molecular formula is C8H6N2O. The summed E-state index contributed by atoms with van der Waals surface area (Å²) in [6.45, 7) is 0. The van der Waals surface area contributed by atoms with E-state index in [1.165, 1.54) is 0 Å². The zero-order valence-corrected chi connectivity index (χ0v) is 5.82. The molecule has 0 unspecified atom stereocenters. The average molecular weight is 146 g/mol. The predicted molar refractivity (Wildman–Crippen MR) is 41.2 cm³/mol.